The second-order valence-corrected chi connectivity index (χ2v) is 7.42. The minimum atomic E-state index is -2.97. The molecule has 5 nitrogen and oxygen atoms in total. The molecule has 0 amide bonds. The molecule has 0 aliphatic carbocycles. The molecule has 0 saturated carbocycles. The summed E-state index contributed by atoms with van der Waals surface area (Å²) in [6.07, 6.45) is 0.567. The van der Waals surface area contributed by atoms with Crippen molar-refractivity contribution in [3.05, 3.63) is 29.6 Å². The van der Waals surface area contributed by atoms with Gasteiger partial charge in [-0.2, -0.15) is 0 Å². The Kier molecular flexibility index (Phi) is 4.48. The summed E-state index contributed by atoms with van der Waals surface area (Å²) in [5, 5.41) is 18.5. The molecule has 1 heterocycles. The van der Waals surface area contributed by atoms with Crippen molar-refractivity contribution in [3.63, 3.8) is 0 Å². The fourth-order valence-electron chi connectivity index (χ4n) is 2.47. The highest BCUT2D eigenvalue weighted by atomic mass is 32.2. The van der Waals surface area contributed by atoms with E-state index in [1.54, 1.807) is 7.05 Å². The zero-order valence-electron chi connectivity index (χ0n) is 11.2. The SMILES string of the molecule is CN(Cc1ccc(F)cc1B(O)O)C1CCS(=O)(=O)C1. The maximum atomic E-state index is 13.1. The first-order valence-electron chi connectivity index (χ1n) is 6.33. The summed E-state index contributed by atoms with van der Waals surface area (Å²) >= 11 is 0. The summed E-state index contributed by atoms with van der Waals surface area (Å²) in [6, 6.07) is 3.73. The Labute approximate surface area is 118 Å². The molecule has 1 fully saturated rings. The van der Waals surface area contributed by atoms with Crippen molar-refractivity contribution in [2.45, 2.75) is 19.0 Å². The Bertz CT molecular complexity index is 593. The van der Waals surface area contributed by atoms with Crippen LogP contribution in [0.5, 0.6) is 0 Å². The van der Waals surface area contributed by atoms with Crippen LogP contribution in [0.25, 0.3) is 0 Å². The van der Waals surface area contributed by atoms with Gasteiger partial charge < -0.3 is 10.0 Å². The normalized spacial score (nSPS) is 21.4. The maximum Gasteiger partial charge on any atom is 0.488 e. The second-order valence-electron chi connectivity index (χ2n) is 5.19. The summed E-state index contributed by atoms with van der Waals surface area (Å²) in [5.41, 5.74) is 0.686. The monoisotopic (exact) mass is 301 g/mol. The molecular formula is C12H17BFNO4S. The number of sulfone groups is 1. The molecular weight excluding hydrogens is 284 g/mol. The van der Waals surface area contributed by atoms with Gasteiger partial charge in [0, 0.05) is 12.6 Å². The molecule has 1 atom stereocenters. The van der Waals surface area contributed by atoms with Gasteiger partial charge >= 0.3 is 7.12 Å². The van der Waals surface area contributed by atoms with E-state index in [0.717, 1.165) is 6.07 Å². The Balaban J connectivity index is 2.14. The van der Waals surface area contributed by atoms with E-state index in [1.165, 1.54) is 12.1 Å². The van der Waals surface area contributed by atoms with Crippen LogP contribution in [0, 0.1) is 5.82 Å². The quantitative estimate of drug-likeness (QED) is 0.707. The van der Waals surface area contributed by atoms with Crippen molar-refractivity contribution in [2.75, 3.05) is 18.6 Å². The number of hydrogen-bond donors (Lipinski definition) is 2. The average molecular weight is 301 g/mol. The molecule has 1 aromatic carbocycles. The lowest BCUT2D eigenvalue weighted by Crippen LogP contribution is -2.38. The number of halogens is 1. The molecule has 20 heavy (non-hydrogen) atoms. The van der Waals surface area contributed by atoms with Crippen LogP contribution in [0.3, 0.4) is 0 Å². The van der Waals surface area contributed by atoms with Crippen LogP contribution in [0.15, 0.2) is 18.2 Å². The van der Waals surface area contributed by atoms with Gasteiger partial charge in [-0.3, -0.25) is 4.90 Å². The third kappa shape index (κ3) is 3.57. The number of nitrogens with zero attached hydrogens (tertiary/aromatic N) is 1. The predicted molar refractivity (Wildman–Crippen MR) is 74.8 cm³/mol. The summed E-state index contributed by atoms with van der Waals surface area (Å²) < 4.78 is 36.1. The number of hydrogen-bond acceptors (Lipinski definition) is 5. The highest BCUT2D eigenvalue weighted by Gasteiger charge is 2.31. The molecule has 110 valence electrons. The highest BCUT2D eigenvalue weighted by Crippen LogP contribution is 2.18. The van der Waals surface area contributed by atoms with Crippen LogP contribution in [0.4, 0.5) is 4.39 Å². The third-order valence-electron chi connectivity index (χ3n) is 3.64. The number of benzene rings is 1. The topological polar surface area (TPSA) is 77.8 Å². The van der Waals surface area contributed by atoms with E-state index in [0.29, 0.717) is 18.5 Å². The van der Waals surface area contributed by atoms with Crippen molar-refractivity contribution in [1.82, 2.24) is 4.90 Å². The smallest absolute Gasteiger partial charge is 0.423 e. The van der Waals surface area contributed by atoms with E-state index < -0.39 is 22.8 Å². The van der Waals surface area contributed by atoms with Gasteiger partial charge in [0.05, 0.1) is 11.5 Å². The van der Waals surface area contributed by atoms with E-state index >= 15 is 0 Å². The van der Waals surface area contributed by atoms with E-state index in [4.69, 9.17) is 0 Å². The lowest BCUT2D eigenvalue weighted by Gasteiger charge is -2.24. The first kappa shape index (κ1) is 15.4. The first-order chi connectivity index (χ1) is 9.28. The minimum absolute atomic E-state index is 0.0891. The molecule has 2 N–H and O–H groups in total. The summed E-state index contributed by atoms with van der Waals surface area (Å²) in [7, 11) is -2.93. The largest absolute Gasteiger partial charge is 0.488 e. The Morgan fingerprint density at radius 3 is 2.70 bits per heavy atom. The van der Waals surface area contributed by atoms with Gasteiger partial charge in [-0.15, -0.1) is 0 Å². The van der Waals surface area contributed by atoms with E-state index in [2.05, 4.69) is 0 Å². The zero-order chi connectivity index (χ0) is 14.9. The molecule has 8 heteroatoms. The van der Waals surface area contributed by atoms with Crippen LogP contribution in [0.1, 0.15) is 12.0 Å². The second kappa shape index (κ2) is 5.81. The van der Waals surface area contributed by atoms with Crippen LogP contribution in [0.2, 0.25) is 0 Å². The molecule has 1 saturated heterocycles. The Morgan fingerprint density at radius 1 is 1.45 bits per heavy atom. The molecule has 1 aliphatic rings. The van der Waals surface area contributed by atoms with Crippen molar-refractivity contribution < 1.29 is 22.9 Å². The van der Waals surface area contributed by atoms with Gasteiger partial charge in [-0.1, -0.05) is 6.07 Å². The zero-order valence-corrected chi connectivity index (χ0v) is 12.0. The van der Waals surface area contributed by atoms with Gasteiger partial charge in [-0.05, 0) is 36.6 Å². The van der Waals surface area contributed by atoms with Gasteiger partial charge in [-0.25, -0.2) is 12.8 Å². The first-order valence-corrected chi connectivity index (χ1v) is 8.16. The van der Waals surface area contributed by atoms with E-state index in [1.807, 2.05) is 4.90 Å². The lowest BCUT2D eigenvalue weighted by molar-refractivity contribution is 0.254. The number of rotatable bonds is 4. The molecule has 0 aromatic heterocycles. The minimum Gasteiger partial charge on any atom is -0.423 e. The average Bonchev–Trinajstić information content (AvgIpc) is 2.71. The summed E-state index contributed by atoms with van der Waals surface area (Å²) in [6.45, 7) is 0.341. The van der Waals surface area contributed by atoms with Crippen LogP contribution < -0.4 is 5.46 Å². The van der Waals surface area contributed by atoms with E-state index in [-0.39, 0.29) is 23.0 Å². The standard InChI is InChI=1S/C12H17BFNO4S/c1-15(11-4-5-20(18,19)8-11)7-9-2-3-10(14)6-12(9)13(16)17/h2-3,6,11,16-17H,4-5,7-8H2,1H3. The molecule has 0 spiro atoms. The fourth-order valence-corrected chi connectivity index (χ4v) is 4.28. The van der Waals surface area contributed by atoms with Crippen molar-refractivity contribution >= 4 is 22.4 Å². The van der Waals surface area contributed by atoms with Crippen LogP contribution >= 0.6 is 0 Å². The molecule has 1 aliphatic heterocycles. The van der Waals surface area contributed by atoms with Gasteiger partial charge in [0.1, 0.15) is 5.82 Å². The van der Waals surface area contributed by atoms with Crippen molar-refractivity contribution in [2.24, 2.45) is 0 Å². The molecule has 2 rings (SSSR count). The summed E-state index contributed by atoms with van der Waals surface area (Å²) in [5.74, 6) is -0.245. The Morgan fingerprint density at radius 2 is 2.15 bits per heavy atom. The van der Waals surface area contributed by atoms with Crippen molar-refractivity contribution in [3.8, 4) is 0 Å². The molecule has 0 bridgehead atoms. The molecule has 0 radical (unpaired) electrons. The predicted octanol–water partition coefficient (Wildman–Crippen LogP) is -0.876. The van der Waals surface area contributed by atoms with Crippen molar-refractivity contribution in [1.29, 1.82) is 0 Å². The lowest BCUT2D eigenvalue weighted by atomic mass is 9.77. The van der Waals surface area contributed by atoms with Gasteiger partial charge in [0.2, 0.25) is 0 Å². The van der Waals surface area contributed by atoms with Crippen LogP contribution in [-0.4, -0.2) is 55.1 Å². The van der Waals surface area contributed by atoms with E-state index in [9.17, 15) is 22.9 Å². The highest BCUT2D eigenvalue weighted by molar-refractivity contribution is 7.91. The fraction of sp³-hybridized carbons (Fsp3) is 0.500. The molecule has 1 unspecified atom stereocenters. The Hall–Kier alpha value is -0.955. The maximum absolute atomic E-state index is 13.1. The van der Waals surface area contributed by atoms with Gasteiger partial charge in [0.25, 0.3) is 0 Å². The third-order valence-corrected chi connectivity index (χ3v) is 5.39. The van der Waals surface area contributed by atoms with Gasteiger partial charge in [0.15, 0.2) is 9.84 Å². The molecule has 1 aromatic rings. The van der Waals surface area contributed by atoms with Crippen LogP contribution in [-0.2, 0) is 16.4 Å². The summed E-state index contributed by atoms with van der Waals surface area (Å²) in [4.78, 5) is 1.85.